The van der Waals surface area contributed by atoms with Crippen LogP contribution in [0.4, 0.5) is 0 Å². The first-order valence-corrected chi connectivity index (χ1v) is 49.9. The molecule has 714 valence electrons. The number of piperidine rings is 2. The first-order valence-electron chi connectivity index (χ1n) is 49.9. The first-order chi connectivity index (χ1) is 59.7. The van der Waals surface area contributed by atoms with Gasteiger partial charge in [0.05, 0.1) is 0 Å². The van der Waals surface area contributed by atoms with Crippen LogP contribution in [0.3, 0.4) is 0 Å². The molecule has 11 atom stereocenters. The Morgan fingerprint density at radius 3 is 0.724 bits per heavy atom. The fourth-order valence-electron chi connectivity index (χ4n) is 22.8. The van der Waals surface area contributed by atoms with Gasteiger partial charge in [0.15, 0.2) is 0 Å². The average molecular weight is 1760 g/mol. The van der Waals surface area contributed by atoms with E-state index in [0.717, 1.165) is 45.4 Å². The maximum absolute atomic E-state index is 12.4. The summed E-state index contributed by atoms with van der Waals surface area (Å²) in [6, 6.07) is 0. The summed E-state index contributed by atoms with van der Waals surface area (Å²) in [4.78, 5) is 138. The highest BCUT2D eigenvalue weighted by Crippen LogP contribution is 2.50. The molecule has 10 amide bonds. The Balaban J connectivity index is 0.000000209. The van der Waals surface area contributed by atoms with Gasteiger partial charge in [0.1, 0.15) is 0 Å². The molecule has 0 aromatic rings. The second kappa shape index (κ2) is 49.2. The maximum atomic E-state index is 12.4. The van der Waals surface area contributed by atoms with Crippen LogP contribution in [-0.2, 0) is 47.9 Å². The van der Waals surface area contributed by atoms with Crippen LogP contribution in [0.5, 0.6) is 0 Å². The van der Waals surface area contributed by atoms with E-state index < -0.39 is 0 Å². The van der Waals surface area contributed by atoms with Gasteiger partial charge in [-0.05, 0) is 220 Å². The highest BCUT2D eigenvalue weighted by Gasteiger charge is 2.42. The maximum Gasteiger partial charge on any atom is 0.246 e. The highest BCUT2D eigenvalue weighted by molar-refractivity contribution is 5.90. The number of hydrogen-bond donors (Lipinski definition) is 0. The molecule has 6 aliphatic heterocycles. The van der Waals surface area contributed by atoms with E-state index in [1.54, 1.807) is 71.6 Å². The summed E-state index contributed by atoms with van der Waals surface area (Å²) in [6.07, 6.45) is 54.2. The molecule has 127 heavy (non-hydrogen) atoms. The molecule has 0 radical (unpaired) electrons. The van der Waals surface area contributed by atoms with Crippen LogP contribution in [0.1, 0.15) is 294 Å². The Kier molecular flexibility index (Phi) is 41.3. The van der Waals surface area contributed by atoms with Crippen molar-refractivity contribution in [3.8, 4) is 0 Å². The van der Waals surface area contributed by atoms with Crippen LogP contribution in [-0.4, -0.2) is 239 Å². The van der Waals surface area contributed by atoms with Crippen molar-refractivity contribution in [2.75, 3.05) is 131 Å². The summed E-state index contributed by atoms with van der Waals surface area (Å²) in [5, 5.41) is 0. The summed E-state index contributed by atoms with van der Waals surface area (Å²) in [6.45, 7) is 64.1. The lowest BCUT2D eigenvalue weighted by molar-refractivity contribution is -0.135. The molecule has 0 N–H and O–H groups in total. The average Bonchev–Trinajstić information content (AvgIpc) is 0.799. The van der Waals surface area contributed by atoms with E-state index in [4.69, 9.17) is 0 Å². The first kappa shape index (κ1) is 107. The number of amides is 10. The van der Waals surface area contributed by atoms with Gasteiger partial charge in [0.2, 0.25) is 59.1 Å². The molecule has 10 fully saturated rings. The van der Waals surface area contributed by atoms with Crippen LogP contribution in [0, 0.1) is 97.6 Å². The van der Waals surface area contributed by atoms with Crippen LogP contribution >= 0.6 is 0 Å². The van der Waals surface area contributed by atoms with Crippen molar-refractivity contribution in [3.05, 3.63) is 96.2 Å². The zero-order valence-corrected chi connectivity index (χ0v) is 84.0. The van der Waals surface area contributed by atoms with Gasteiger partial charge < -0.3 is 49.0 Å². The standard InChI is InChI=1S/C19H30N2O2.2C18H30N2O2.C18H28N2O2.2C17H29NO/c1-14-6-7-15(2)19(4,5)17(14)8-9-18(23)21-12-10-20(11-13-21)16(3)22;3*1-14-6-5-9-18(3,4)16(14)7-8-17(22)20-12-10-19(11-13-20)15(2)21;2*1-14-8-7-11-17(2,3)15(14)9-10-16(19)18-12-5-4-6-13-18/h6,8-9,15,17H,7,10-13H2,1-5H3;2*7-8,14,16H,5-6,9-13H2,1-4H3;6-8,16H,5,9-13H2,1-4H3;2*9-10,14-15H,4-8,11-13H2,1-3H3/b9-8+;3*8-7+;2*10-9+/t;2*14-,16-;;2*14-,15+/m.10.11/s1. The highest BCUT2D eigenvalue weighted by atomic mass is 16.2. The Hall–Kier alpha value is -7.38. The van der Waals surface area contributed by atoms with Crippen molar-refractivity contribution in [2.45, 2.75) is 294 Å². The van der Waals surface area contributed by atoms with Crippen LogP contribution < -0.4 is 0 Å². The lowest BCUT2D eigenvalue weighted by Gasteiger charge is -2.42. The van der Waals surface area contributed by atoms with Gasteiger partial charge in [0, 0.05) is 170 Å². The summed E-state index contributed by atoms with van der Waals surface area (Å²) in [7, 11) is 0. The van der Waals surface area contributed by atoms with Crippen molar-refractivity contribution >= 4 is 59.1 Å². The Morgan fingerprint density at radius 1 is 0.268 bits per heavy atom. The molecule has 0 aromatic heterocycles. The van der Waals surface area contributed by atoms with E-state index in [-0.39, 0.29) is 80.7 Å². The molecule has 12 rings (SSSR count). The zero-order valence-electron chi connectivity index (χ0n) is 84.0. The van der Waals surface area contributed by atoms with Gasteiger partial charge in [-0.15, -0.1) is 0 Å². The number of carbonyl (C=O) groups excluding carboxylic acids is 10. The van der Waals surface area contributed by atoms with E-state index in [1.165, 1.54) is 127 Å². The Morgan fingerprint density at radius 2 is 0.488 bits per heavy atom. The molecule has 4 saturated carbocycles. The van der Waals surface area contributed by atoms with Crippen LogP contribution in [0.25, 0.3) is 0 Å². The number of likely N-dealkylation sites (tertiary alicyclic amines) is 2. The Bertz CT molecular complexity index is 3710. The molecule has 0 bridgehead atoms. The van der Waals surface area contributed by atoms with Gasteiger partial charge in [0.25, 0.3) is 0 Å². The largest absolute Gasteiger partial charge is 0.339 e. The minimum absolute atomic E-state index is 0.0648. The van der Waals surface area contributed by atoms with Crippen molar-refractivity contribution in [1.29, 1.82) is 0 Å². The summed E-state index contributed by atoms with van der Waals surface area (Å²) >= 11 is 0. The minimum atomic E-state index is 0.0648. The number of nitrogens with zero attached hydrogens (tertiary/aromatic N) is 10. The van der Waals surface area contributed by atoms with Crippen molar-refractivity contribution in [3.63, 3.8) is 0 Å². The second-order valence-corrected chi connectivity index (χ2v) is 44.1. The fourth-order valence-corrected chi connectivity index (χ4v) is 22.8. The number of piperazine rings is 4. The predicted molar refractivity (Wildman–Crippen MR) is 517 cm³/mol. The fraction of sp³-hybridized carbons (Fsp3) is 0.757. The molecule has 6 saturated heterocycles. The van der Waals surface area contributed by atoms with Gasteiger partial charge in [-0.2, -0.15) is 0 Å². The molecular weight excluding hydrogens is 1590 g/mol. The van der Waals surface area contributed by atoms with Gasteiger partial charge in [-0.3, -0.25) is 47.9 Å². The predicted octanol–water partition coefficient (Wildman–Crippen LogP) is 18.9. The number of hydrogen-bond acceptors (Lipinski definition) is 10. The molecule has 20 heteroatoms. The van der Waals surface area contributed by atoms with Crippen molar-refractivity contribution in [2.24, 2.45) is 97.6 Å². The molecule has 20 nitrogen and oxygen atoms in total. The quantitative estimate of drug-likeness (QED) is 0.134. The SMILES string of the molecule is CC(=O)N1CCN(C(=O)/C=C/C2C(C)=CCC(C)C2(C)C)CC1.CC(=O)N1CCN(C(=O)/C=C/C2C(C)=CCCC2(C)C)CC1.CC(=O)N1CCN(C(=O)/C=C/[C@@H]2[C@H](C)CCCC2(C)C)CC1.CC(=O)N1CCN(C(=O)/C=C/[C@H]2[C@@H](C)CCCC2(C)C)CC1.C[C@@H]1CCCC(C)(C)[C@H]1/C=C/C(=O)N1CCCCC1.C[C@@H]1CCCC(C)(C)[C@H]1/C=C/C(=O)N1CCCCC1. The molecule has 6 aliphatic carbocycles. The topological polar surface area (TPSA) is 203 Å². The zero-order chi connectivity index (χ0) is 93.9. The normalized spacial score (nSPS) is 28.9. The van der Waals surface area contributed by atoms with E-state index in [2.05, 4.69) is 180 Å². The molecule has 0 spiro atoms. The van der Waals surface area contributed by atoms with E-state index in [1.807, 2.05) is 41.6 Å². The number of allylic oxidation sites excluding steroid dienone is 10. The third-order valence-corrected chi connectivity index (χ3v) is 32.1. The third kappa shape index (κ3) is 32.0. The van der Waals surface area contributed by atoms with Crippen molar-refractivity contribution in [1.82, 2.24) is 49.0 Å². The molecule has 3 unspecified atom stereocenters. The molecule has 6 heterocycles. The number of carbonyl (C=O) groups is 10. The molecule has 12 aliphatic rings. The monoisotopic (exact) mass is 1760 g/mol. The van der Waals surface area contributed by atoms with Gasteiger partial charge in [-0.1, -0.05) is 229 Å². The van der Waals surface area contributed by atoms with Crippen LogP contribution in [0.2, 0.25) is 0 Å². The summed E-state index contributed by atoms with van der Waals surface area (Å²) < 4.78 is 0. The smallest absolute Gasteiger partial charge is 0.246 e. The third-order valence-electron chi connectivity index (χ3n) is 32.1. The lowest BCUT2D eigenvalue weighted by Crippen LogP contribution is -2.49. The van der Waals surface area contributed by atoms with E-state index >= 15 is 0 Å². The van der Waals surface area contributed by atoms with E-state index in [0.29, 0.717) is 181 Å². The summed E-state index contributed by atoms with van der Waals surface area (Å²) in [5.74, 6) is 7.15. The molecular formula is C107H176N10O10. The lowest BCUT2D eigenvalue weighted by atomic mass is 9.63. The second-order valence-electron chi connectivity index (χ2n) is 44.1. The van der Waals surface area contributed by atoms with Crippen LogP contribution in [0.15, 0.2) is 96.2 Å². The van der Waals surface area contributed by atoms with E-state index in [9.17, 15) is 47.9 Å². The van der Waals surface area contributed by atoms with Crippen molar-refractivity contribution < 1.29 is 47.9 Å². The Labute approximate surface area is 770 Å². The van der Waals surface area contributed by atoms with Gasteiger partial charge in [-0.25, -0.2) is 0 Å². The molecule has 0 aromatic carbocycles. The van der Waals surface area contributed by atoms with Gasteiger partial charge >= 0.3 is 0 Å². The number of rotatable bonds is 12. The summed E-state index contributed by atoms with van der Waals surface area (Å²) in [5.41, 5.74) is 4.35. The minimum Gasteiger partial charge on any atom is -0.339 e.